The molecule has 0 saturated heterocycles. The molecule has 1 radical (unpaired) electrons. The van der Waals surface area contributed by atoms with Gasteiger partial charge in [0.1, 0.15) is 0 Å². The van der Waals surface area contributed by atoms with Crippen LogP contribution in [0.3, 0.4) is 0 Å². The summed E-state index contributed by atoms with van der Waals surface area (Å²) < 4.78 is 0. The molecule has 0 rings (SSSR count). The maximum absolute atomic E-state index is 0. The summed E-state index contributed by atoms with van der Waals surface area (Å²) in [5.74, 6) is 0. The van der Waals surface area contributed by atoms with Gasteiger partial charge < -0.3 is 9.76 Å². The molecule has 0 aromatic rings. The Labute approximate surface area is 78.6 Å². The Morgan fingerprint density at radius 3 is 1.25 bits per heavy atom. The van der Waals surface area contributed by atoms with Gasteiger partial charge in [0.25, 0.3) is 0 Å². The van der Waals surface area contributed by atoms with Crippen molar-refractivity contribution in [3.8, 4) is 0 Å². The van der Waals surface area contributed by atoms with E-state index < -0.39 is 0 Å². The smallest absolute Gasteiger partial charge is 1.00 e. The Kier molecular flexibility index (Phi) is 160. The van der Waals surface area contributed by atoms with Gasteiger partial charge in [-0.3, -0.25) is 0 Å². The second-order valence-corrected chi connectivity index (χ2v) is 0. The summed E-state index contributed by atoms with van der Waals surface area (Å²) in [6, 6.07) is 0. The first-order valence-electron chi connectivity index (χ1n) is 0. The largest absolute Gasteiger partial charge is 2.00 e. The van der Waals surface area contributed by atoms with Crippen molar-refractivity contribution in [3.05, 3.63) is 0 Å². The molecule has 0 aliphatic carbocycles. The third-order valence-electron chi connectivity index (χ3n) is 0. The summed E-state index contributed by atoms with van der Waals surface area (Å²) >= 11 is 0. The van der Waals surface area contributed by atoms with E-state index in [9.17, 15) is 0 Å². The van der Waals surface area contributed by atoms with Crippen LogP contribution in [-0.4, -0.2) is 28.5 Å². The SMILES string of the molecule is O.[H-].[H-].[H-].[Mg+2].[Mn].[Na+]. The van der Waals surface area contributed by atoms with Crippen LogP contribution in [0.5, 0.6) is 0 Å². The van der Waals surface area contributed by atoms with E-state index in [-0.39, 0.29) is 79.4 Å². The van der Waals surface area contributed by atoms with Crippen molar-refractivity contribution in [2.24, 2.45) is 0 Å². The molecule has 4 heavy (non-hydrogen) atoms. The van der Waals surface area contributed by atoms with E-state index >= 15 is 0 Å². The van der Waals surface area contributed by atoms with E-state index in [1.54, 1.807) is 0 Å². The van der Waals surface area contributed by atoms with Gasteiger partial charge in [-0.15, -0.1) is 0 Å². The minimum atomic E-state index is 0. The summed E-state index contributed by atoms with van der Waals surface area (Å²) in [5, 5.41) is 0. The van der Waals surface area contributed by atoms with Crippen LogP contribution in [0.25, 0.3) is 0 Å². The van der Waals surface area contributed by atoms with E-state index in [2.05, 4.69) is 0 Å². The van der Waals surface area contributed by atoms with Crippen molar-refractivity contribution in [3.63, 3.8) is 0 Å². The molecule has 0 bridgehead atoms. The molecule has 4 heteroatoms. The Bertz CT molecular complexity index is 14.9. The van der Waals surface area contributed by atoms with Gasteiger partial charge in [0.2, 0.25) is 0 Å². The fourth-order valence-electron chi connectivity index (χ4n) is 0. The van der Waals surface area contributed by atoms with Gasteiger partial charge in [0.05, 0.1) is 0 Å². The monoisotopic (exact) mass is 123 g/mol. The van der Waals surface area contributed by atoms with Crippen LogP contribution in [0.2, 0.25) is 0 Å². The maximum Gasteiger partial charge on any atom is 2.00 e. The molecule has 0 atom stereocenters. The third kappa shape index (κ3) is 8.87. The zero-order valence-corrected chi connectivity index (χ0v) is 7.18. The molecule has 0 aromatic carbocycles. The van der Waals surface area contributed by atoms with Crippen LogP contribution in [0.4, 0.5) is 0 Å². The van der Waals surface area contributed by atoms with Crippen molar-refractivity contribution in [1.29, 1.82) is 0 Å². The Morgan fingerprint density at radius 2 is 1.25 bits per heavy atom. The van der Waals surface area contributed by atoms with Gasteiger partial charge in [-0.2, -0.15) is 0 Å². The number of hydrogen-bond donors (Lipinski definition) is 0. The van der Waals surface area contributed by atoms with Crippen molar-refractivity contribution in [1.82, 2.24) is 0 Å². The van der Waals surface area contributed by atoms with Crippen LogP contribution in [0, 0.1) is 0 Å². The third-order valence-corrected chi connectivity index (χ3v) is 0. The minimum Gasteiger partial charge on any atom is -1.00 e. The predicted molar refractivity (Wildman–Crippen MR) is 12.7 cm³/mol. The van der Waals surface area contributed by atoms with Gasteiger partial charge in [-0.25, -0.2) is 0 Å². The van der Waals surface area contributed by atoms with E-state index in [4.69, 9.17) is 0 Å². The van der Waals surface area contributed by atoms with Gasteiger partial charge in [0, 0.05) is 17.1 Å². The minimum absolute atomic E-state index is 0. The predicted octanol–water partition coefficient (Wildman–Crippen LogP) is -3.87. The molecule has 0 spiro atoms. The molecule has 0 aliphatic heterocycles. The average Bonchev–Trinajstić information content (AvgIpc) is 0. The quantitative estimate of drug-likeness (QED) is 0.295. The van der Waals surface area contributed by atoms with Crippen LogP contribution in [0.1, 0.15) is 4.28 Å². The van der Waals surface area contributed by atoms with E-state index in [0.717, 1.165) is 0 Å². The molecule has 21 valence electrons. The number of rotatable bonds is 0. The fraction of sp³-hybridized carbons (Fsp3) is 0. The number of hydrogen-bond acceptors (Lipinski definition) is 0. The summed E-state index contributed by atoms with van der Waals surface area (Å²) in [4.78, 5) is 0. The first-order chi connectivity index (χ1) is 0. The first-order valence-corrected chi connectivity index (χ1v) is 0. The van der Waals surface area contributed by atoms with E-state index in [0.29, 0.717) is 0 Å². The topological polar surface area (TPSA) is 31.5 Å². The zero-order valence-electron chi connectivity index (χ0n) is 5.59. The molecule has 0 heterocycles. The van der Waals surface area contributed by atoms with Crippen molar-refractivity contribution in [2.45, 2.75) is 0 Å². The molecule has 0 aromatic heterocycles. The standard InChI is InChI=1S/Mg.Mn.Na.H2O.3H/h;;;1H2;;;/q+2;;+1;;3*-1. The van der Waals surface area contributed by atoms with Crippen LogP contribution >= 0.6 is 0 Å². The fourth-order valence-corrected chi connectivity index (χ4v) is 0. The second kappa shape index (κ2) is 18.7. The second-order valence-electron chi connectivity index (χ2n) is 0. The van der Waals surface area contributed by atoms with Crippen LogP contribution < -0.4 is 29.6 Å². The Balaban J connectivity index is 0. The average molecular weight is 123 g/mol. The van der Waals surface area contributed by atoms with E-state index in [1.165, 1.54) is 0 Å². The Morgan fingerprint density at radius 1 is 1.25 bits per heavy atom. The zero-order chi connectivity index (χ0) is 0. The summed E-state index contributed by atoms with van der Waals surface area (Å²) in [7, 11) is 0. The summed E-state index contributed by atoms with van der Waals surface area (Å²) in [6.45, 7) is 0. The summed E-state index contributed by atoms with van der Waals surface area (Å²) in [5.41, 5.74) is 0. The van der Waals surface area contributed by atoms with E-state index in [1.807, 2.05) is 0 Å². The van der Waals surface area contributed by atoms with Gasteiger partial charge >= 0.3 is 52.6 Å². The molecular weight excluding hydrogens is 118 g/mol. The molecule has 0 unspecified atom stereocenters. The normalized spacial score (nSPS) is 0. The van der Waals surface area contributed by atoms with Gasteiger partial charge in [-0.1, -0.05) is 0 Å². The summed E-state index contributed by atoms with van der Waals surface area (Å²) in [6.07, 6.45) is 0. The van der Waals surface area contributed by atoms with Crippen molar-refractivity contribution in [2.75, 3.05) is 0 Å². The maximum atomic E-state index is 0. The molecule has 0 fully saturated rings. The molecule has 0 amide bonds. The first kappa shape index (κ1) is 34.1. The van der Waals surface area contributed by atoms with Gasteiger partial charge in [0.15, 0.2) is 0 Å². The van der Waals surface area contributed by atoms with Crippen LogP contribution in [-0.2, 0) is 17.1 Å². The Hall–Kier alpha value is 2.25. The molecule has 2 N–H and O–H groups in total. The van der Waals surface area contributed by atoms with Crippen molar-refractivity contribution < 1.29 is 56.4 Å². The van der Waals surface area contributed by atoms with Crippen molar-refractivity contribution >= 4 is 23.1 Å². The molecule has 0 aliphatic rings. The van der Waals surface area contributed by atoms with Crippen LogP contribution in [0.15, 0.2) is 0 Å². The molecular formula is H5MgMnNaO. The van der Waals surface area contributed by atoms with Gasteiger partial charge in [-0.05, 0) is 0 Å². The molecule has 1 nitrogen and oxygen atoms in total. The molecule has 0 saturated carbocycles.